The van der Waals surface area contributed by atoms with Crippen LogP contribution in [0.25, 0.3) is 111 Å². The van der Waals surface area contributed by atoms with Crippen molar-refractivity contribution in [3.05, 3.63) is 352 Å². The molecule has 0 atom stereocenters. The summed E-state index contributed by atoms with van der Waals surface area (Å²) >= 11 is 0. The number of aliphatic hydroxyl groups is 5. The number of pyridine rings is 5. The molecule has 0 fully saturated rings. The number of nitrogens with zero attached hydrogens (tertiary/aromatic N) is 5. The molecular weight excluding hydrogens is 2770 g/mol. The molecule has 0 unspecified atom stereocenters. The monoisotopic (exact) mass is 2920 g/mol. The molecule has 0 aliphatic heterocycles. The minimum atomic E-state index is -0.125. The van der Waals surface area contributed by atoms with E-state index in [0.29, 0.717) is 0 Å². The Morgan fingerprint density at radius 2 is 0.480 bits per heavy atom. The van der Waals surface area contributed by atoms with E-state index in [1.54, 1.807) is 35.5 Å². The molecule has 805 valence electrons. The Labute approximate surface area is 954 Å². The summed E-state index contributed by atoms with van der Waals surface area (Å²) in [4.78, 5) is 74.3. The quantitative estimate of drug-likeness (QED) is 0.0362. The van der Waals surface area contributed by atoms with Crippen LogP contribution in [0.15, 0.2) is 211 Å². The third kappa shape index (κ3) is 42.8. The molecular formula is C125H140Ir5N5O15-5. The van der Waals surface area contributed by atoms with Gasteiger partial charge in [0.15, 0.2) is 28.9 Å². The third-order valence-electron chi connectivity index (χ3n) is 22.2. The third-order valence-corrected chi connectivity index (χ3v) is 22.2. The zero-order valence-electron chi connectivity index (χ0n) is 92.5. The van der Waals surface area contributed by atoms with Crippen LogP contribution in [0.1, 0.15) is 181 Å². The van der Waals surface area contributed by atoms with Gasteiger partial charge in [0.25, 0.3) is 0 Å². The van der Waals surface area contributed by atoms with E-state index in [1.807, 2.05) is 13.0 Å². The van der Waals surface area contributed by atoms with E-state index in [0.717, 1.165) is 167 Å². The van der Waals surface area contributed by atoms with Crippen LogP contribution in [0.5, 0.6) is 28.7 Å². The van der Waals surface area contributed by atoms with Gasteiger partial charge in [-0.15, -0.1) is 174 Å². The molecule has 0 saturated heterocycles. The second-order valence-corrected chi connectivity index (χ2v) is 36.5. The number of methoxy groups -OCH3 is 5. The average molecular weight is 2910 g/mol. The normalized spacial score (nSPS) is 10.7. The van der Waals surface area contributed by atoms with Crippen LogP contribution in [-0.2, 0) is 124 Å². The van der Waals surface area contributed by atoms with Gasteiger partial charge in [-0.05, 0) is 261 Å². The smallest absolute Gasteiger partial charge is 0.155 e. The van der Waals surface area contributed by atoms with E-state index in [2.05, 4.69) is 307 Å². The summed E-state index contributed by atoms with van der Waals surface area (Å²) in [5.74, 6) is 3.64. The summed E-state index contributed by atoms with van der Waals surface area (Å²) in [5, 5.41) is 47.4. The number of allylic oxidation sites excluding steroid dienone is 10. The van der Waals surface area contributed by atoms with E-state index in [9.17, 15) is 24.0 Å². The van der Waals surface area contributed by atoms with Crippen molar-refractivity contribution in [1.29, 1.82) is 0 Å². The average Bonchev–Trinajstić information content (AvgIpc) is 0.794. The topological polar surface area (TPSA) is 297 Å². The molecule has 5 radical (unpaired) electrons. The maximum atomic E-state index is 10.0. The fraction of sp³-hybridized carbons (Fsp3) is 0.280. The number of aryl methyl sites for hydroxylation is 19. The van der Waals surface area contributed by atoms with Crippen LogP contribution >= 0.6 is 0 Å². The number of aliphatic hydroxyl groups excluding tert-OH is 5. The van der Waals surface area contributed by atoms with Crippen LogP contribution in [0.2, 0.25) is 0 Å². The second-order valence-electron chi connectivity index (χ2n) is 36.5. The molecule has 5 aromatic heterocycles. The van der Waals surface area contributed by atoms with E-state index in [-0.39, 0.29) is 158 Å². The summed E-state index contributed by atoms with van der Waals surface area (Å²) in [5.41, 5.74) is 38.2. The summed E-state index contributed by atoms with van der Waals surface area (Å²) < 4.78 is 27.9. The van der Waals surface area contributed by atoms with Crippen molar-refractivity contribution in [2.24, 2.45) is 0 Å². The second kappa shape index (κ2) is 64.3. The predicted octanol–water partition coefficient (Wildman–Crippen LogP) is 29.9. The van der Waals surface area contributed by atoms with Crippen molar-refractivity contribution >= 4 is 83.4 Å². The number of benzene rings is 10. The number of carbonyl (C=O) groups is 5. The summed E-state index contributed by atoms with van der Waals surface area (Å²) in [6.45, 7) is 56.2. The molecule has 15 aromatic rings. The molecule has 10 aromatic carbocycles. The summed E-state index contributed by atoms with van der Waals surface area (Å²) in [6.07, 6.45) is 5.83. The first kappa shape index (κ1) is 136. The molecule has 0 bridgehead atoms. The minimum absolute atomic E-state index is 0. The fourth-order valence-corrected chi connectivity index (χ4v) is 15.8. The number of ether oxygens (including phenoxy) is 5. The van der Waals surface area contributed by atoms with Gasteiger partial charge >= 0.3 is 0 Å². The Bertz CT molecular complexity index is 7120. The van der Waals surface area contributed by atoms with Gasteiger partial charge in [-0.1, -0.05) is 93.5 Å². The van der Waals surface area contributed by atoms with Gasteiger partial charge in [0.05, 0.1) is 91.9 Å². The zero-order chi connectivity index (χ0) is 109. The molecule has 25 heteroatoms. The van der Waals surface area contributed by atoms with E-state index in [1.165, 1.54) is 183 Å². The first-order valence-electron chi connectivity index (χ1n) is 47.3. The van der Waals surface area contributed by atoms with Crippen molar-refractivity contribution in [2.75, 3.05) is 35.5 Å². The van der Waals surface area contributed by atoms with Crippen molar-refractivity contribution in [2.45, 2.75) is 208 Å². The van der Waals surface area contributed by atoms with Gasteiger partial charge in [-0.2, -0.15) is 0 Å². The first-order valence-corrected chi connectivity index (χ1v) is 47.3. The van der Waals surface area contributed by atoms with E-state index < -0.39 is 0 Å². The number of ketones is 5. The number of hydrogen-bond donors (Lipinski definition) is 5. The Morgan fingerprint density at radius 3 is 0.780 bits per heavy atom. The van der Waals surface area contributed by atoms with Gasteiger partial charge in [0, 0.05) is 186 Å². The molecule has 20 nitrogen and oxygen atoms in total. The van der Waals surface area contributed by atoms with Gasteiger partial charge in [-0.25, -0.2) is 0 Å². The van der Waals surface area contributed by atoms with Gasteiger partial charge < -0.3 is 49.2 Å². The van der Waals surface area contributed by atoms with Crippen LogP contribution in [0, 0.1) is 169 Å². The van der Waals surface area contributed by atoms with Crippen molar-refractivity contribution in [3.63, 3.8) is 0 Å². The molecule has 0 aliphatic carbocycles. The molecule has 15 rings (SSSR count). The Kier molecular flexibility index (Phi) is 58.1. The van der Waals surface area contributed by atoms with E-state index >= 15 is 0 Å². The number of carbonyl (C=O) groups excluding carboxylic acids is 5. The molecule has 0 amide bonds. The van der Waals surface area contributed by atoms with Gasteiger partial charge in [0.1, 0.15) is 28.7 Å². The Hall–Kier alpha value is -12.5. The van der Waals surface area contributed by atoms with Gasteiger partial charge in [-0.3, -0.25) is 48.9 Å². The largest absolute Gasteiger partial charge is 0.512 e. The maximum Gasteiger partial charge on any atom is 0.155 e. The van der Waals surface area contributed by atoms with Crippen molar-refractivity contribution in [3.8, 4) is 85.0 Å². The summed E-state index contributed by atoms with van der Waals surface area (Å²) in [7, 11) is 8.46. The number of fused-ring (bicyclic) bond motifs is 5. The maximum absolute atomic E-state index is 10.0. The Morgan fingerprint density at radius 1 is 0.227 bits per heavy atom. The zero-order valence-corrected chi connectivity index (χ0v) is 105. The minimum Gasteiger partial charge on any atom is -0.512 e. The van der Waals surface area contributed by atoms with Crippen LogP contribution in [0.4, 0.5) is 0 Å². The van der Waals surface area contributed by atoms with Crippen LogP contribution in [-0.4, -0.2) is 115 Å². The molecule has 5 heterocycles. The number of hydrogen-bond acceptors (Lipinski definition) is 20. The first-order chi connectivity index (χ1) is 68.0. The molecule has 0 saturated carbocycles. The standard InChI is InChI=1S/C21H22NO.3C20H20NO.C19H18NO.5C5H8O2.5Ir/c1-12-7-13(2)9-17(8-12)21-20(23-6)11-18-16(5)15(4)14(3)10-19(18)22-21;1-12-6-13(2)9-16(8-12)20-19(22-5)11-17-15(4)7-14(3)10-18(17)21-20;1-12-6-13(2)8-17(7-12)20-19(22-5)11-16-9-14(3)15(4)10-18(16)21-20;1-12-8-13(2)10-16(9-12)20-19(22-5)11-17-15(4)14(3)6-7-18(17)21-20;1-12-5-6-15-11-18(21-4)19(20-17(15)10-12)16-8-13(2)7-14(3)9-16;5*1-4(6)3-5(2)7;;;;;/h7-8,10-11H,1-6H3;6-8,10-11H,1-5H3;6-7,9-11H,1-5H3;6-9,11H,1-5H3;5-8,10-11H,1-4H3;5*3,6H,1-2H3;;;;;/q5*-1;;;;;;;;;;. The fourth-order valence-electron chi connectivity index (χ4n) is 15.8. The van der Waals surface area contributed by atoms with Crippen molar-refractivity contribution < 1.29 is 174 Å². The van der Waals surface area contributed by atoms with Crippen LogP contribution < -0.4 is 23.7 Å². The van der Waals surface area contributed by atoms with Crippen molar-refractivity contribution in [1.82, 2.24) is 24.9 Å². The molecule has 150 heavy (non-hydrogen) atoms. The number of aromatic nitrogens is 5. The van der Waals surface area contributed by atoms with Gasteiger partial charge in [0.2, 0.25) is 0 Å². The SMILES string of the molecule is CC(=O)C=C(C)O.CC(=O)C=C(C)O.CC(=O)C=C(C)O.CC(=O)C=C(C)O.CC(=O)C=C(C)O.COc1cc2c(C)c(C)c(C)cc2nc1-c1[c-]c(C)cc(C)c1.COc1cc2c(C)c(C)ccc2nc1-c1[c-]c(C)cc(C)c1.COc1cc2c(C)cc(C)cc2nc1-c1[c-]c(C)cc(C)c1.COc1cc2cc(C)c(C)cc2nc1-c1[c-]c(C)cc(C)c1.COc1cc2ccc(C)cc2nc1-c1[c-]c(C)cc(C)c1.[Ir].[Ir].[Ir].[Ir].[Ir]. The predicted molar refractivity (Wildman–Crippen MR) is 593 cm³/mol. The molecule has 5 N–H and O–H groups in total. The molecule has 0 spiro atoms. The molecule has 0 aliphatic rings. The number of rotatable bonds is 15. The Balaban J connectivity index is 0.000000861. The summed E-state index contributed by atoms with van der Waals surface area (Å²) in [6, 6.07) is 69.6. The van der Waals surface area contributed by atoms with E-state index in [4.69, 9.17) is 74.1 Å². The van der Waals surface area contributed by atoms with Crippen LogP contribution in [0.3, 0.4) is 0 Å².